The van der Waals surface area contributed by atoms with E-state index in [-0.39, 0.29) is 18.7 Å². The summed E-state index contributed by atoms with van der Waals surface area (Å²) in [5.41, 5.74) is 0. The zero-order valence-electron chi connectivity index (χ0n) is 11.4. The molecular weight excluding hydrogens is 252 g/mol. The number of aliphatic carboxylic acids is 1. The Hall–Kier alpha value is -1.34. The molecule has 1 aliphatic rings. The molecule has 2 amide bonds. The molecule has 0 bridgehead atoms. The van der Waals surface area contributed by atoms with Gasteiger partial charge in [0, 0.05) is 39.8 Å². The van der Waals surface area contributed by atoms with E-state index in [1.165, 1.54) is 12.0 Å². The lowest BCUT2D eigenvalue weighted by molar-refractivity contribution is -0.141. The van der Waals surface area contributed by atoms with Gasteiger partial charge in [0.15, 0.2) is 0 Å². The van der Waals surface area contributed by atoms with E-state index in [0.717, 1.165) is 0 Å². The molecule has 0 aromatic carbocycles. The van der Waals surface area contributed by atoms with E-state index in [1.54, 1.807) is 4.90 Å². The van der Waals surface area contributed by atoms with Gasteiger partial charge in [0.2, 0.25) is 0 Å². The van der Waals surface area contributed by atoms with Crippen LogP contribution in [0.5, 0.6) is 0 Å². The Morgan fingerprint density at radius 2 is 2.16 bits per heavy atom. The number of hydrogen-bond donors (Lipinski definition) is 2. The summed E-state index contributed by atoms with van der Waals surface area (Å²) in [5.74, 6) is -1.01. The average Bonchev–Trinajstić information content (AvgIpc) is 2.83. The molecule has 7 nitrogen and oxygen atoms in total. The number of aliphatic hydroxyl groups excluding tert-OH is 1. The summed E-state index contributed by atoms with van der Waals surface area (Å²) < 4.78 is 5.15. The number of carboxylic acids is 1. The van der Waals surface area contributed by atoms with Gasteiger partial charge in [-0.2, -0.15) is 0 Å². The van der Waals surface area contributed by atoms with E-state index in [4.69, 9.17) is 14.9 Å². The maximum absolute atomic E-state index is 12.3. The van der Waals surface area contributed by atoms with Crippen LogP contribution in [-0.4, -0.2) is 77.5 Å². The van der Waals surface area contributed by atoms with Crippen LogP contribution in [0.3, 0.4) is 0 Å². The molecule has 0 aromatic rings. The number of carbonyl (C=O) groups excluding carboxylic acids is 1. The minimum Gasteiger partial charge on any atom is -0.480 e. The minimum atomic E-state index is -1.01. The van der Waals surface area contributed by atoms with Crippen LogP contribution in [-0.2, 0) is 9.53 Å². The summed E-state index contributed by atoms with van der Waals surface area (Å²) in [7, 11) is 1.51. The fourth-order valence-electron chi connectivity index (χ4n) is 2.25. The number of carboxylic acid groups (broad SMARTS) is 1. The number of methoxy groups -OCH3 is 1. The van der Waals surface area contributed by atoms with E-state index in [1.807, 2.05) is 6.92 Å². The first kappa shape index (κ1) is 15.7. The number of likely N-dealkylation sites (tertiary alicyclic amines) is 1. The van der Waals surface area contributed by atoms with Gasteiger partial charge < -0.3 is 24.7 Å². The highest BCUT2D eigenvalue weighted by Gasteiger charge is 2.41. The summed E-state index contributed by atoms with van der Waals surface area (Å²) in [5, 5.41) is 18.0. The van der Waals surface area contributed by atoms with E-state index >= 15 is 0 Å². The summed E-state index contributed by atoms with van der Waals surface area (Å²) in [6, 6.07) is -1.14. The molecule has 0 aromatic heterocycles. The number of aliphatic hydroxyl groups is 1. The Morgan fingerprint density at radius 1 is 1.47 bits per heavy atom. The van der Waals surface area contributed by atoms with Gasteiger partial charge in [-0.25, -0.2) is 9.59 Å². The standard InChI is InChI=1S/C12H22N2O5/c1-3-13(5-4-6-15)12(18)14-8-9(19-2)7-10(14)11(16)17/h9-10,15H,3-8H2,1-2H3,(H,16,17). The molecule has 0 saturated carbocycles. The Balaban J connectivity index is 2.74. The fraction of sp³-hybridized carbons (Fsp3) is 0.833. The third kappa shape index (κ3) is 3.81. The van der Waals surface area contributed by atoms with Crippen LogP contribution in [0.15, 0.2) is 0 Å². The molecular formula is C12H22N2O5. The van der Waals surface area contributed by atoms with E-state index in [9.17, 15) is 9.59 Å². The second-order valence-corrected chi connectivity index (χ2v) is 4.54. The van der Waals surface area contributed by atoms with Gasteiger partial charge in [-0.3, -0.25) is 0 Å². The van der Waals surface area contributed by atoms with Gasteiger partial charge in [0.05, 0.1) is 6.10 Å². The van der Waals surface area contributed by atoms with Gasteiger partial charge >= 0.3 is 12.0 Å². The topological polar surface area (TPSA) is 90.3 Å². The number of rotatable bonds is 6. The molecule has 1 rings (SSSR count). The van der Waals surface area contributed by atoms with Crippen LogP contribution in [0.25, 0.3) is 0 Å². The van der Waals surface area contributed by atoms with E-state index in [2.05, 4.69) is 0 Å². The summed E-state index contributed by atoms with van der Waals surface area (Å²) in [6.07, 6.45) is 0.565. The highest BCUT2D eigenvalue weighted by atomic mass is 16.5. The van der Waals surface area contributed by atoms with Crippen molar-refractivity contribution in [3.63, 3.8) is 0 Å². The molecule has 1 aliphatic heterocycles. The highest BCUT2D eigenvalue weighted by molar-refractivity contribution is 5.83. The molecule has 0 radical (unpaired) electrons. The lowest BCUT2D eigenvalue weighted by atomic mass is 10.2. The zero-order chi connectivity index (χ0) is 14.4. The quantitative estimate of drug-likeness (QED) is 0.710. The van der Waals surface area contributed by atoms with Crippen LogP contribution in [0.1, 0.15) is 19.8 Å². The Morgan fingerprint density at radius 3 is 2.63 bits per heavy atom. The van der Waals surface area contributed by atoms with Gasteiger partial charge in [-0.15, -0.1) is 0 Å². The second kappa shape index (κ2) is 7.30. The van der Waals surface area contributed by atoms with Gasteiger partial charge in [-0.1, -0.05) is 0 Å². The predicted molar refractivity (Wildman–Crippen MR) is 67.9 cm³/mol. The van der Waals surface area contributed by atoms with E-state index < -0.39 is 12.0 Å². The Kier molecular flexibility index (Phi) is 6.04. The first-order valence-electron chi connectivity index (χ1n) is 6.47. The molecule has 19 heavy (non-hydrogen) atoms. The number of amides is 2. The van der Waals surface area contributed by atoms with Crippen molar-refractivity contribution in [2.75, 3.05) is 33.4 Å². The molecule has 1 fully saturated rings. The SMILES string of the molecule is CCN(CCCO)C(=O)N1CC(OC)CC1C(=O)O. The molecule has 2 atom stereocenters. The lowest BCUT2D eigenvalue weighted by Gasteiger charge is -2.29. The largest absolute Gasteiger partial charge is 0.480 e. The van der Waals surface area contributed by atoms with Crippen molar-refractivity contribution in [2.24, 2.45) is 0 Å². The van der Waals surface area contributed by atoms with Crippen molar-refractivity contribution in [3.05, 3.63) is 0 Å². The molecule has 7 heteroatoms. The average molecular weight is 274 g/mol. The molecule has 2 unspecified atom stereocenters. The highest BCUT2D eigenvalue weighted by Crippen LogP contribution is 2.22. The molecule has 1 heterocycles. The molecule has 0 spiro atoms. The van der Waals surface area contributed by atoms with Gasteiger partial charge in [0.1, 0.15) is 6.04 Å². The van der Waals surface area contributed by atoms with Crippen LogP contribution in [0.4, 0.5) is 4.79 Å². The normalized spacial score (nSPS) is 22.6. The van der Waals surface area contributed by atoms with Crippen molar-refractivity contribution in [2.45, 2.75) is 31.9 Å². The minimum absolute atomic E-state index is 0.00678. The van der Waals surface area contributed by atoms with Crippen molar-refractivity contribution in [1.82, 2.24) is 9.80 Å². The molecule has 1 saturated heterocycles. The summed E-state index contributed by atoms with van der Waals surface area (Å²) >= 11 is 0. The maximum Gasteiger partial charge on any atom is 0.326 e. The summed E-state index contributed by atoms with van der Waals surface area (Å²) in [4.78, 5) is 26.4. The van der Waals surface area contributed by atoms with Crippen LogP contribution >= 0.6 is 0 Å². The van der Waals surface area contributed by atoms with E-state index in [0.29, 0.717) is 32.5 Å². The maximum atomic E-state index is 12.3. The number of carbonyl (C=O) groups is 2. The third-order valence-electron chi connectivity index (χ3n) is 3.37. The van der Waals surface area contributed by atoms with Crippen molar-refractivity contribution >= 4 is 12.0 Å². The van der Waals surface area contributed by atoms with Crippen molar-refractivity contribution in [3.8, 4) is 0 Å². The fourth-order valence-corrected chi connectivity index (χ4v) is 2.25. The first-order valence-corrected chi connectivity index (χ1v) is 6.47. The molecule has 110 valence electrons. The molecule has 2 N–H and O–H groups in total. The van der Waals surface area contributed by atoms with Crippen molar-refractivity contribution in [1.29, 1.82) is 0 Å². The van der Waals surface area contributed by atoms with Crippen LogP contribution < -0.4 is 0 Å². The van der Waals surface area contributed by atoms with Gasteiger partial charge in [0.25, 0.3) is 0 Å². The van der Waals surface area contributed by atoms with Crippen LogP contribution in [0, 0.1) is 0 Å². The predicted octanol–water partition coefficient (Wildman–Crippen LogP) is -0.0154. The number of hydrogen-bond acceptors (Lipinski definition) is 4. The lowest BCUT2D eigenvalue weighted by Crippen LogP contribution is -2.48. The number of urea groups is 1. The third-order valence-corrected chi connectivity index (χ3v) is 3.37. The Labute approximate surface area is 112 Å². The second-order valence-electron chi connectivity index (χ2n) is 4.54. The van der Waals surface area contributed by atoms with Crippen LogP contribution in [0.2, 0.25) is 0 Å². The molecule has 0 aliphatic carbocycles. The Bertz CT molecular complexity index is 323. The smallest absolute Gasteiger partial charge is 0.326 e. The zero-order valence-corrected chi connectivity index (χ0v) is 11.4. The number of ether oxygens (including phenoxy) is 1. The number of nitrogens with zero attached hydrogens (tertiary/aromatic N) is 2. The monoisotopic (exact) mass is 274 g/mol. The van der Waals surface area contributed by atoms with Gasteiger partial charge in [-0.05, 0) is 13.3 Å². The summed E-state index contributed by atoms with van der Waals surface area (Å²) in [6.45, 7) is 3.04. The first-order chi connectivity index (χ1) is 9.04. The van der Waals surface area contributed by atoms with Crippen molar-refractivity contribution < 1.29 is 24.5 Å².